The number of β-amino-alcohol motifs (C(OH)–C–C–N with tert-alkyl or cyclic N) is 1. The van der Waals surface area contributed by atoms with Crippen LogP contribution < -0.4 is 5.73 Å². The Hall–Kier alpha value is -1.06. The molecule has 1 aromatic rings. The summed E-state index contributed by atoms with van der Waals surface area (Å²) in [4.78, 5) is 2.21. The van der Waals surface area contributed by atoms with Crippen LogP contribution in [0.5, 0.6) is 0 Å². The van der Waals surface area contributed by atoms with Gasteiger partial charge in [-0.3, -0.25) is 4.90 Å². The van der Waals surface area contributed by atoms with Gasteiger partial charge < -0.3 is 10.8 Å². The predicted octanol–water partition coefficient (Wildman–Crippen LogP) is 0.577. The largest absolute Gasteiger partial charge is 0.399 e. The summed E-state index contributed by atoms with van der Waals surface area (Å²) in [5.41, 5.74) is 9.14. The van der Waals surface area contributed by atoms with Crippen LogP contribution in [0.15, 0.2) is 18.2 Å². The third-order valence-corrected chi connectivity index (χ3v) is 2.43. The molecule has 0 saturated heterocycles. The molecule has 0 amide bonds. The lowest BCUT2D eigenvalue weighted by atomic mass is 10.1. The molecule has 2 rings (SSSR count). The van der Waals surface area contributed by atoms with Crippen molar-refractivity contribution >= 4 is 5.69 Å². The van der Waals surface area contributed by atoms with E-state index >= 15 is 0 Å². The van der Waals surface area contributed by atoms with Crippen LogP contribution in [0, 0.1) is 0 Å². The van der Waals surface area contributed by atoms with Crippen LogP contribution >= 0.6 is 0 Å². The Kier molecular flexibility index (Phi) is 2.20. The monoisotopic (exact) mass is 178 g/mol. The molecule has 0 radical (unpaired) electrons. The number of aliphatic hydroxyl groups excluding tert-OH is 1. The lowest BCUT2D eigenvalue weighted by molar-refractivity contribution is 0.198. The van der Waals surface area contributed by atoms with Crippen LogP contribution in [-0.2, 0) is 13.1 Å². The summed E-state index contributed by atoms with van der Waals surface area (Å²) < 4.78 is 0. The molecular weight excluding hydrogens is 164 g/mol. The van der Waals surface area contributed by atoms with Crippen LogP contribution in [0.3, 0.4) is 0 Å². The molecule has 0 aromatic heterocycles. The Morgan fingerprint density at radius 2 is 2.08 bits per heavy atom. The molecule has 1 aliphatic rings. The third-order valence-electron chi connectivity index (χ3n) is 2.43. The summed E-state index contributed by atoms with van der Waals surface area (Å²) in [5, 5.41) is 8.79. The second kappa shape index (κ2) is 3.36. The summed E-state index contributed by atoms with van der Waals surface area (Å²) >= 11 is 0. The van der Waals surface area contributed by atoms with E-state index in [1.807, 2.05) is 12.1 Å². The van der Waals surface area contributed by atoms with Gasteiger partial charge in [0.1, 0.15) is 0 Å². The molecule has 3 N–H and O–H groups in total. The summed E-state index contributed by atoms with van der Waals surface area (Å²) in [6.45, 7) is 2.83. The Morgan fingerprint density at radius 3 is 2.85 bits per heavy atom. The van der Waals surface area contributed by atoms with Crippen LogP contribution in [0.4, 0.5) is 5.69 Å². The number of nitrogens with two attached hydrogens (primary N) is 1. The van der Waals surface area contributed by atoms with Gasteiger partial charge in [0, 0.05) is 25.3 Å². The van der Waals surface area contributed by atoms with Gasteiger partial charge in [-0.25, -0.2) is 0 Å². The van der Waals surface area contributed by atoms with E-state index in [0.717, 1.165) is 25.3 Å². The van der Waals surface area contributed by atoms with Crippen molar-refractivity contribution in [3.63, 3.8) is 0 Å². The molecule has 0 spiro atoms. The highest BCUT2D eigenvalue weighted by atomic mass is 16.3. The fourth-order valence-corrected chi connectivity index (χ4v) is 1.78. The predicted molar refractivity (Wildman–Crippen MR) is 52.1 cm³/mol. The lowest BCUT2D eigenvalue weighted by Crippen LogP contribution is -2.20. The summed E-state index contributed by atoms with van der Waals surface area (Å²) in [6.07, 6.45) is 0. The molecule has 0 saturated carbocycles. The first kappa shape index (κ1) is 8.53. The molecule has 1 aliphatic heterocycles. The van der Waals surface area contributed by atoms with Gasteiger partial charge >= 0.3 is 0 Å². The summed E-state index contributed by atoms with van der Waals surface area (Å²) in [7, 11) is 0. The van der Waals surface area contributed by atoms with E-state index in [0.29, 0.717) is 0 Å². The summed E-state index contributed by atoms with van der Waals surface area (Å²) in [5.74, 6) is 0. The highest BCUT2D eigenvalue weighted by Gasteiger charge is 2.17. The van der Waals surface area contributed by atoms with Crippen molar-refractivity contribution in [2.75, 3.05) is 18.9 Å². The molecule has 0 bridgehead atoms. The fraction of sp³-hybridized carbons (Fsp3) is 0.400. The minimum absolute atomic E-state index is 0.226. The maximum atomic E-state index is 8.79. The van der Waals surface area contributed by atoms with Gasteiger partial charge in [0.25, 0.3) is 0 Å². The molecule has 0 aliphatic carbocycles. The Bertz CT molecular complexity index is 312. The second-order valence-electron chi connectivity index (χ2n) is 3.46. The zero-order chi connectivity index (χ0) is 9.26. The van der Waals surface area contributed by atoms with Crippen molar-refractivity contribution in [3.8, 4) is 0 Å². The quantitative estimate of drug-likeness (QED) is 0.651. The van der Waals surface area contributed by atoms with Gasteiger partial charge in [-0.05, 0) is 23.3 Å². The van der Waals surface area contributed by atoms with Crippen molar-refractivity contribution < 1.29 is 5.11 Å². The van der Waals surface area contributed by atoms with E-state index in [1.54, 1.807) is 0 Å². The van der Waals surface area contributed by atoms with Crippen LogP contribution in [-0.4, -0.2) is 23.2 Å². The first-order chi connectivity index (χ1) is 6.29. The molecule has 0 unspecified atom stereocenters. The number of hydrogen-bond donors (Lipinski definition) is 2. The zero-order valence-electron chi connectivity index (χ0n) is 7.53. The Morgan fingerprint density at radius 1 is 1.31 bits per heavy atom. The van der Waals surface area contributed by atoms with E-state index in [9.17, 15) is 0 Å². The Labute approximate surface area is 77.8 Å². The molecular formula is C10H14N2O. The first-order valence-electron chi connectivity index (χ1n) is 4.50. The topological polar surface area (TPSA) is 49.5 Å². The highest BCUT2D eigenvalue weighted by molar-refractivity contribution is 5.46. The van der Waals surface area contributed by atoms with E-state index in [-0.39, 0.29) is 6.61 Å². The molecule has 13 heavy (non-hydrogen) atoms. The average molecular weight is 178 g/mol. The average Bonchev–Trinajstić information content (AvgIpc) is 2.46. The number of fused-ring (bicyclic) bond motifs is 1. The van der Waals surface area contributed by atoms with Crippen molar-refractivity contribution in [1.29, 1.82) is 0 Å². The van der Waals surface area contributed by atoms with Crippen LogP contribution in [0.1, 0.15) is 11.1 Å². The molecule has 0 atom stereocenters. The van der Waals surface area contributed by atoms with Crippen LogP contribution in [0.2, 0.25) is 0 Å². The van der Waals surface area contributed by atoms with Gasteiger partial charge in [-0.15, -0.1) is 0 Å². The minimum Gasteiger partial charge on any atom is -0.399 e. The number of nitrogens with zero attached hydrogens (tertiary/aromatic N) is 1. The summed E-state index contributed by atoms with van der Waals surface area (Å²) in [6, 6.07) is 6.02. The standard InChI is InChI=1S/C10H14N2O/c11-10-2-1-8-6-12(3-4-13)7-9(8)5-10/h1-2,5,13H,3-4,6-7,11H2. The maximum absolute atomic E-state index is 8.79. The van der Waals surface area contributed by atoms with E-state index in [4.69, 9.17) is 10.8 Å². The van der Waals surface area contributed by atoms with Crippen molar-refractivity contribution in [1.82, 2.24) is 4.90 Å². The van der Waals surface area contributed by atoms with E-state index in [1.165, 1.54) is 11.1 Å². The molecule has 0 fully saturated rings. The van der Waals surface area contributed by atoms with Gasteiger partial charge in [0.05, 0.1) is 6.61 Å². The number of rotatable bonds is 2. The van der Waals surface area contributed by atoms with Gasteiger partial charge in [-0.1, -0.05) is 6.07 Å². The van der Waals surface area contributed by atoms with Gasteiger partial charge in [-0.2, -0.15) is 0 Å². The van der Waals surface area contributed by atoms with Crippen molar-refractivity contribution in [2.45, 2.75) is 13.1 Å². The number of anilines is 1. The van der Waals surface area contributed by atoms with E-state index < -0.39 is 0 Å². The second-order valence-corrected chi connectivity index (χ2v) is 3.46. The van der Waals surface area contributed by atoms with Crippen molar-refractivity contribution in [3.05, 3.63) is 29.3 Å². The highest BCUT2D eigenvalue weighted by Crippen LogP contribution is 2.23. The van der Waals surface area contributed by atoms with E-state index in [2.05, 4.69) is 11.0 Å². The molecule has 3 heteroatoms. The molecule has 1 heterocycles. The number of hydrogen-bond acceptors (Lipinski definition) is 3. The number of aliphatic hydroxyl groups is 1. The molecule has 3 nitrogen and oxygen atoms in total. The van der Waals surface area contributed by atoms with Crippen molar-refractivity contribution in [2.24, 2.45) is 0 Å². The maximum Gasteiger partial charge on any atom is 0.0558 e. The van der Waals surface area contributed by atoms with Gasteiger partial charge in [0.15, 0.2) is 0 Å². The SMILES string of the molecule is Nc1ccc2c(c1)CN(CCO)C2. The fourth-order valence-electron chi connectivity index (χ4n) is 1.78. The van der Waals surface area contributed by atoms with Gasteiger partial charge in [0.2, 0.25) is 0 Å². The lowest BCUT2D eigenvalue weighted by Gasteiger charge is -2.11. The Balaban J connectivity index is 2.16. The number of benzene rings is 1. The van der Waals surface area contributed by atoms with Crippen LogP contribution in [0.25, 0.3) is 0 Å². The smallest absolute Gasteiger partial charge is 0.0558 e. The minimum atomic E-state index is 0.226. The third kappa shape index (κ3) is 1.66. The molecule has 1 aromatic carbocycles. The number of nitrogen functional groups attached to an aromatic ring is 1. The normalized spacial score (nSPS) is 16.1. The zero-order valence-corrected chi connectivity index (χ0v) is 7.53. The first-order valence-corrected chi connectivity index (χ1v) is 4.50. The molecule has 70 valence electrons.